The number of ketones is 1. The molecule has 2 N–H and O–H groups in total. The summed E-state index contributed by atoms with van der Waals surface area (Å²) in [6.45, 7) is 2.18. The van der Waals surface area contributed by atoms with Crippen molar-refractivity contribution in [3.8, 4) is 0 Å². The molecule has 2 rings (SSSR count). The molecular formula is C14H18N2O2. The van der Waals surface area contributed by atoms with E-state index in [2.05, 4.69) is 0 Å². The fraction of sp³-hybridized carbons (Fsp3) is 0.429. The van der Waals surface area contributed by atoms with E-state index in [9.17, 15) is 9.59 Å². The van der Waals surface area contributed by atoms with Crippen molar-refractivity contribution in [2.75, 3.05) is 17.2 Å². The van der Waals surface area contributed by atoms with Crippen LogP contribution in [0.4, 0.5) is 11.4 Å². The van der Waals surface area contributed by atoms with Gasteiger partial charge in [0.1, 0.15) is 5.78 Å². The first-order valence-electron chi connectivity index (χ1n) is 6.26. The van der Waals surface area contributed by atoms with Crippen molar-refractivity contribution in [1.29, 1.82) is 0 Å². The number of carbonyl (C=O) groups excluding carboxylic acids is 2. The van der Waals surface area contributed by atoms with Gasteiger partial charge in [-0.2, -0.15) is 0 Å². The molecule has 0 radical (unpaired) electrons. The number of nitrogen functional groups attached to an aromatic ring is 1. The maximum atomic E-state index is 11.9. The second-order valence-corrected chi connectivity index (χ2v) is 4.74. The first-order valence-corrected chi connectivity index (χ1v) is 6.26. The van der Waals surface area contributed by atoms with Crippen molar-refractivity contribution in [3.05, 3.63) is 23.8 Å². The predicted octanol–water partition coefficient (Wildman–Crippen LogP) is 1.92. The molecule has 4 nitrogen and oxygen atoms in total. The van der Waals surface area contributed by atoms with Crippen molar-refractivity contribution < 1.29 is 9.59 Å². The van der Waals surface area contributed by atoms with Gasteiger partial charge in [-0.1, -0.05) is 0 Å². The minimum Gasteiger partial charge on any atom is -0.399 e. The number of rotatable bonds is 4. The minimum absolute atomic E-state index is 0.135. The van der Waals surface area contributed by atoms with Gasteiger partial charge in [-0.3, -0.25) is 4.79 Å². The van der Waals surface area contributed by atoms with E-state index in [-0.39, 0.29) is 11.7 Å². The fourth-order valence-corrected chi connectivity index (χ4v) is 2.31. The Morgan fingerprint density at radius 2 is 2.17 bits per heavy atom. The van der Waals surface area contributed by atoms with E-state index in [1.807, 2.05) is 18.2 Å². The summed E-state index contributed by atoms with van der Waals surface area (Å²) < 4.78 is 0. The predicted molar refractivity (Wildman–Crippen MR) is 71.4 cm³/mol. The summed E-state index contributed by atoms with van der Waals surface area (Å²) in [6, 6.07) is 5.64. The second kappa shape index (κ2) is 5.21. The quantitative estimate of drug-likeness (QED) is 0.825. The summed E-state index contributed by atoms with van der Waals surface area (Å²) in [4.78, 5) is 24.6. The number of nitrogens with zero attached hydrogens (tertiary/aromatic N) is 1. The van der Waals surface area contributed by atoms with Crippen LogP contribution in [0.25, 0.3) is 0 Å². The number of Topliss-reactive ketones (excluding diaryl/α,β-unsaturated/α-hetero) is 1. The lowest BCUT2D eigenvalue weighted by Gasteiger charge is -2.29. The lowest BCUT2D eigenvalue weighted by molar-refractivity contribution is -0.119. The monoisotopic (exact) mass is 246 g/mol. The third-order valence-electron chi connectivity index (χ3n) is 3.21. The van der Waals surface area contributed by atoms with Crippen molar-refractivity contribution in [2.45, 2.75) is 32.6 Å². The standard InChI is InChI=1S/C14H18N2O2/c1-10(17)3-2-8-16-13-6-5-12(15)9-11(13)4-7-14(16)18/h5-6,9H,2-4,7-8,15H2,1H3. The molecule has 0 saturated carbocycles. The third-order valence-corrected chi connectivity index (χ3v) is 3.21. The Bertz CT molecular complexity index is 483. The highest BCUT2D eigenvalue weighted by Gasteiger charge is 2.23. The molecule has 1 amide bonds. The van der Waals surface area contributed by atoms with Gasteiger partial charge in [0, 0.05) is 30.8 Å². The highest BCUT2D eigenvalue weighted by molar-refractivity contribution is 5.96. The zero-order valence-corrected chi connectivity index (χ0v) is 10.6. The van der Waals surface area contributed by atoms with Gasteiger partial charge in [0.15, 0.2) is 0 Å². The number of nitrogens with two attached hydrogens (primary N) is 1. The van der Waals surface area contributed by atoms with Crippen LogP contribution < -0.4 is 10.6 Å². The summed E-state index contributed by atoms with van der Waals surface area (Å²) in [5.74, 6) is 0.299. The van der Waals surface area contributed by atoms with Crippen molar-refractivity contribution in [3.63, 3.8) is 0 Å². The number of hydrogen-bond acceptors (Lipinski definition) is 3. The van der Waals surface area contributed by atoms with Crippen molar-refractivity contribution in [2.24, 2.45) is 0 Å². The summed E-state index contributed by atoms with van der Waals surface area (Å²) >= 11 is 0. The van der Waals surface area contributed by atoms with Gasteiger partial charge in [-0.25, -0.2) is 0 Å². The van der Waals surface area contributed by atoms with Crippen LogP contribution in [0.5, 0.6) is 0 Å². The van der Waals surface area contributed by atoms with Gasteiger partial charge in [0.2, 0.25) is 5.91 Å². The Hall–Kier alpha value is -1.84. The molecule has 0 aromatic heterocycles. The van der Waals surface area contributed by atoms with Crippen LogP contribution in [-0.2, 0) is 16.0 Å². The van der Waals surface area contributed by atoms with Crippen LogP contribution >= 0.6 is 0 Å². The Labute approximate surface area is 107 Å². The van der Waals surface area contributed by atoms with E-state index in [4.69, 9.17) is 5.73 Å². The average Bonchev–Trinajstić information content (AvgIpc) is 2.31. The van der Waals surface area contributed by atoms with Crippen molar-refractivity contribution in [1.82, 2.24) is 0 Å². The SMILES string of the molecule is CC(=O)CCCN1C(=O)CCc2cc(N)ccc21. The number of hydrogen-bond donors (Lipinski definition) is 1. The average molecular weight is 246 g/mol. The zero-order chi connectivity index (χ0) is 13.1. The highest BCUT2D eigenvalue weighted by Crippen LogP contribution is 2.29. The number of benzene rings is 1. The molecule has 0 bridgehead atoms. The summed E-state index contributed by atoms with van der Waals surface area (Å²) in [7, 11) is 0. The second-order valence-electron chi connectivity index (χ2n) is 4.74. The van der Waals surface area contributed by atoms with Crippen molar-refractivity contribution >= 4 is 23.1 Å². The Kier molecular flexibility index (Phi) is 3.65. The maximum absolute atomic E-state index is 11.9. The van der Waals surface area contributed by atoms with Gasteiger partial charge in [0.05, 0.1) is 0 Å². The summed E-state index contributed by atoms with van der Waals surface area (Å²) in [6.07, 6.45) is 2.51. The Morgan fingerprint density at radius 1 is 1.39 bits per heavy atom. The zero-order valence-electron chi connectivity index (χ0n) is 10.6. The topological polar surface area (TPSA) is 63.4 Å². The lowest BCUT2D eigenvalue weighted by Crippen LogP contribution is -2.36. The largest absolute Gasteiger partial charge is 0.399 e. The lowest BCUT2D eigenvalue weighted by atomic mass is 10.00. The van der Waals surface area contributed by atoms with Crippen LogP contribution in [0.15, 0.2) is 18.2 Å². The molecule has 0 fully saturated rings. The minimum atomic E-state index is 0.135. The maximum Gasteiger partial charge on any atom is 0.227 e. The number of carbonyl (C=O) groups is 2. The number of amides is 1. The molecule has 1 heterocycles. The van der Waals surface area contributed by atoms with Gasteiger partial charge >= 0.3 is 0 Å². The third kappa shape index (κ3) is 2.70. The molecule has 1 aliphatic heterocycles. The number of fused-ring (bicyclic) bond motifs is 1. The smallest absolute Gasteiger partial charge is 0.227 e. The molecule has 0 unspecified atom stereocenters. The van der Waals surface area contributed by atoms with Gasteiger partial charge in [0.25, 0.3) is 0 Å². The van der Waals surface area contributed by atoms with E-state index < -0.39 is 0 Å². The molecule has 0 spiro atoms. The number of anilines is 2. The van der Waals surface area contributed by atoms with Crippen LogP contribution in [-0.4, -0.2) is 18.2 Å². The molecule has 4 heteroatoms. The van der Waals surface area contributed by atoms with E-state index in [0.29, 0.717) is 25.8 Å². The Balaban J connectivity index is 2.15. The van der Waals surface area contributed by atoms with Crippen LogP contribution in [0, 0.1) is 0 Å². The first-order chi connectivity index (χ1) is 8.58. The van der Waals surface area contributed by atoms with Crippen LogP contribution in [0.1, 0.15) is 31.7 Å². The van der Waals surface area contributed by atoms with E-state index in [0.717, 1.165) is 23.4 Å². The van der Waals surface area contributed by atoms with E-state index in [1.54, 1.807) is 11.8 Å². The molecule has 0 saturated heterocycles. The molecule has 1 aromatic rings. The Morgan fingerprint density at radius 3 is 2.89 bits per heavy atom. The van der Waals surface area contributed by atoms with E-state index in [1.165, 1.54) is 0 Å². The van der Waals surface area contributed by atoms with Crippen LogP contribution in [0.2, 0.25) is 0 Å². The molecule has 0 atom stereocenters. The summed E-state index contributed by atoms with van der Waals surface area (Å²) in [5.41, 5.74) is 8.55. The molecule has 96 valence electrons. The first kappa shape index (κ1) is 12.6. The van der Waals surface area contributed by atoms with Gasteiger partial charge in [-0.15, -0.1) is 0 Å². The molecule has 18 heavy (non-hydrogen) atoms. The fourth-order valence-electron chi connectivity index (χ4n) is 2.31. The van der Waals surface area contributed by atoms with E-state index >= 15 is 0 Å². The summed E-state index contributed by atoms with van der Waals surface area (Å²) in [5, 5.41) is 0. The number of aryl methyl sites for hydroxylation is 1. The van der Waals surface area contributed by atoms with Gasteiger partial charge < -0.3 is 15.4 Å². The highest BCUT2D eigenvalue weighted by atomic mass is 16.2. The normalized spacial score (nSPS) is 14.5. The molecule has 1 aromatic carbocycles. The van der Waals surface area contributed by atoms with Crippen LogP contribution in [0.3, 0.4) is 0 Å². The molecule has 0 aliphatic carbocycles. The van der Waals surface area contributed by atoms with Gasteiger partial charge in [-0.05, 0) is 43.5 Å². The molecule has 1 aliphatic rings. The molecular weight excluding hydrogens is 228 g/mol.